The van der Waals surface area contributed by atoms with Crippen molar-refractivity contribution in [3.05, 3.63) is 70.7 Å². The number of halogens is 3. The Morgan fingerprint density at radius 2 is 1.88 bits per heavy atom. The Hall–Kier alpha value is -3.49. The predicted molar refractivity (Wildman–Crippen MR) is 112 cm³/mol. The maximum absolute atomic E-state index is 13.8. The summed E-state index contributed by atoms with van der Waals surface area (Å²) in [4.78, 5) is 37.6. The van der Waals surface area contributed by atoms with Gasteiger partial charge in [0, 0.05) is 11.6 Å². The minimum Gasteiger partial charge on any atom is -0.434 e. The molecule has 4 rings (SSSR count). The number of nitrogens with one attached hydrogen (secondary N) is 2. The summed E-state index contributed by atoms with van der Waals surface area (Å²) in [5.74, 6) is -0.306. The molecule has 0 unspecified atom stereocenters. The number of ether oxygens (including phenoxy) is 1. The average molecular weight is 479 g/mol. The van der Waals surface area contributed by atoms with Crippen LogP contribution in [0.3, 0.4) is 0 Å². The molecule has 1 aromatic carbocycles. The van der Waals surface area contributed by atoms with Crippen molar-refractivity contribution >= 4 is 23.2 Å². The lowest BCUT2D eigenvalue weighted by Gasteiger charge is -2.38. The van der Waals surface area contributed by atoms with Gasteiger partial charge in [0.1, 0.15) is 11.7 Å². The smallest absolute Gasteiger partial charge is 0.349 e. The number of benzene rings is 1. The highest BCUT2D eigenvalue weighted by molar-refractivity contribution is 6.37. The van der Waals surface area contributed by atoms with E-state index in [4.69, 9.17) is 33.2 Å². The maximum atomic E-state index is 13.8. The molecule has 0 saturated heterocycles. The summed E-state index contributed by atoms with van der Waals surface area (Å²) in [6.07, 6.45) is 0.419. The number of alkyl halides is 1. The van der Waals surface area contributed by atoms with E-state index in [-0.39, 0.29) is 46.1 Å². The second-order valence-electron chi connectivity index (χ2n) is 7.48. The third-order valence-corrected chi connectivity index (χ3v) is 5.52. The van der Waals surface area contributed by atoms with Gasteiger partial charge < -0.3 is 4.74 Å². The van der Waals surface area contributed by atoms with E-state index in [1.807, 2.05) is 4.98 Å². The van der Waals surface area contributed by atoms with Crippen LogP contribution in [0.25, 0.3) is 5.69 Å². The van der Waals surface area contributed by atoms with E-state index in [0.29, 0.717) is 5.56 Å². The summed E-state index contributed by atoms with van der Waals surface area (Å²) in [6.45, 7) is 1.47. The average Bonchev–Trinajstić information content (AvgIpc) is 2.70. The van der Waals surface area contributed by atoms with Crippen molar-refractivity contribution in [2.75, 3.05) is 0 Å². The van der Waals surface area contributed by atoms with Crippen LogP contribution in [0.2, 0.25) is 10.0 Å². The van der Waals surface area contributed by atoms with Gasteiger partial charge in [0.05, 0.1) is 15.7 Å². The first kappa shape index (κ1) is 21.7. The van der Waals surface area contributed by atoms with Crippen LogP contribution in [0.15, 0.2) is 32.6 Å². The van der Waals surface area contributed by atoms with Crippen molar-refractivity contribution in [2.24, 2.45) is 0 Å². The fourth-order valence-corrected chi connectivity index (χ4v) is 4.02. The lowest BCUT2D eigenvalue weighted by Crippen LogP contribution is -2.37. The Labute approximate surface area is 188 Å². The number of hydrogen-bond acceptors (Lipinski definition) is 7. The highest BCUT2D eigenvalue weighted by atomic mass is 35.5. The molecule has 1 saturated carbocycles. The van der Waals surface area contributed by atoms with E-state index in [1.54, 1.807) is 6.07 Å². The minimum atomic E-state index is -1.32. The molecular formula is C19H13Cl2FN6O4. The summed E-state index contributed by atoms with van der Waals surface area (Å²) in [5, 5.41) is 18.7. The van der Waals surface area contributed by atoms with Crippen LogP contribution >= 0.6 is 23.2 Å². The molecule has 32 heavy (non-hydrogen) atoms. The Bertz CT molecular complexity index is 1420. The first-order valence-corrected chi connectivity index (χ1v) is 9.93. The molecule has 3 aromatic rings. The Morgan fingerprint density at radius 3 is 2.47 bits per heavy atom. The molecular weight excluding hydrogens is 466 g/mol. The molecule has 1 aliphatic carbocycles. The van der Waals surface area contributed by atoms with Crippen LogP contribution in [0.5, 0.6) is 11.6 Å². The maximum Gasteiger partial charge on any atom is 0.349 e. The molecule has 1 aliphatic rings. The number of hydrogen-bond donors (Lipinski definition) is 2. The first-order chi connectivity index (χ1) is 15.1. The van der Waals surface area contributed by atoms with Crippen molar-refractivity contribution in [1.82, 2.24) is 25.0 Å². The number of H-pyrrole nitrogens is 2. The molecule has 2 N–H and O–H groups in total. The lowest BCUT2D eigenvalue weighted by atomic mass is 9.70. The molecule has 1 fully saturated rings. The van der Waals surface area contributed by atoms with Gasteiger partial charge in [0.2, 0.25) is 11.6 Å². The first-order valence-electron chi connectivity index (χ1n) is 9.17. The Kier molecular flexibility index (Phi) is 5.36. The molecule has 0 amide bonds. The monoisotopic (exact) mass is 478 g/mol. The van der Waals surface area contributed by atoms with E-state index in [9.17, 15) is 18.8 Å². The van der Waals surface area contributed by atoms with E-state index >= 15 is 0 Å². The third kappa shape index (κ3) is 4.02. The summed E-state index contributed by atoms with van der Waals surface area (Å²) in [7, 11) is 0. The molecule has 10 nitrogen and oxygen atoms in total. The topological polar surface area (TPSA) is 147 Å². The van der Waals surface area contributed by atoms with E-state index < -0.39 is 28.2 Å². The fraction of sp³-hybridized carbons (Fsp3) is 0.263. The van der Waals surface area contributed by atoms with Crippen LogP contribution in [-0.2, 0) is 0 Å². The second-order valence-corrected chi connectivity index (χ2v) is 8.30. The van der Waals surface area contributed by atoms with E-state index in [0.717, 1.165) is 4.68 Å². The Morgan fingerprint density at radius 1 is 1.22 bits per heavy atom. The highest BCUT2D eigenvalue weighted by Crippen LogP contribution is 2.46. The zero-order valence-electron chi connectivity index (χ0n) is 16.3. The summed E-state index contributed by atoms with van der Waals surface area (Å²) >= 11 is 12.5. The van der Waals surface area contributed by atoms with Gasteiger partial charge in [-0.15, -0.1) is 10.2 Å². The van der Waals surface area contributed by atoms with Crippen LogP contribution in [-0.4, -0.2) is 30.6 Å². The van der Waals surface area contributed by atoms with Gasteiger partial charge in [-0.25, -0.2) is 14.3 Å². The third-order valence-electron chi connectivity index (χ3n) is 4.96. The molecule has 0 aliphatic heterocycles. The minimum absolute atomic E-state index is 0.0188. The second kappa shape index (κ2) is 7.89. The van der Waals surface area contributed by atoms with Gasteiger partial charge in [-0.1, -0.05) is 23.2 Å². The van der Waals surface area contributed by atoms with Crippen molar-refractivity contribution in [3.63, 3.8) is 0 Å². The predicted octanol–water partition coefficient (Wildman–Crippen LogP) is 2.58. The van der Waals surface area contributed by atoms with Gasteiger partial charge in [-0.3, -0.25) is 14.6 Å². The molecule has 13 heteroatoms. The molecule has 0 radical (unpaired) electrons. The van der Waals surface area contributed by atoms with Crippen LogP contribution in [0.4, 0.5) is 4.39 Å². The van der Waals surface area contributed by atoms with E-state index in [1.165, 1.54) is 25.1 Å². The summed E-state index contributed by atoms with van der Waals surface area (Å²) in [5.41, 5.74) is -3.71. The van der Waals surface area contributed by atoms with Crippen molar-refractivity contribution < 1.29 is 9.13 Å². The summed E-state index contributed by atoms with van der Waals surface area (Å²) in [6, 6.07) is 5.53. The van der Waals surface area contributed by atoms with Gasteiger partial charge in [0.15, 0.2) is 5.75 Å². The number of aromatic nitrogens is 5. The number of nitriles is 1. The largest absolute Gasteiger partial charge is 0.434 e. The number of aromatic amines is 2. The number of rotatable bonds is 4. The highest BCUT2D eigenvalue weighted by Gasteiger charge is 2.42. The van der Waals surface area contributed by atoms with E-state index in [2.05, 4.69) is 15.3 Å². The van der Waals surface area contributed by atoms with Gasteiger partial charge in [-0.2, -0.15) is 9.94 Å². The lowest BCUT2D eigenvalue weighted by molar-refractivity contribution is 0.0609. The zero-order valence-corrected chi connectivity index (χ0v) is 17.8. The van der Waals surface area contributed by atoms with Gasteiger partial charge in [0.25, 0.3) is 11.1 Å². The van der Waals surface area contributed by atoms with Crippen molar-refractivity contribution in [3.8, 4) is 23.4 Å². The van der Waals surface area contributed by atoms with Gasteiger partial charge >= 0.3 is 5.69 Å². The fourth-order valence-electron chi connectivity index (χ4n) is 3.46. The SMILES string of the molecule is CC1(F)CC(c2cc(Oc3c(Cl)cc(-n4nc(C#N)c(=O)[nH]c4=O)cc3Cl)n[nH]c2=O)C1. The zero-order chi connectivity index (χ0) is 23.2. The van der Waals surface area contributed by atoms with Crippen LogP contribution < -0.4 is 21.5 Å². The summed E-state index contributed by atoms with van der Waals surface area (Å²) < 4.78 is 20.2. The quantitative estimate of drug-likeness (QED) is 0.585. The molecule has 0 spiro atoms. The molecule has 2 heterocycles. The standard InChI is InChI=1S/C19H13Cl2FN6O4/c1-19(22)5-8(6-19)10-4-14(25-26-16(10)29)32-15-11(20)2-9(3-12(15)21)28-18(31)24-17(30)13(7-23)27-28/h2-4,8H,5-6H2,1H3,(H,26,29)(H,24,30,31). The van der Waals surface area contributed by atoms with Crippen LogP contribution in [0.1, 0.15) is 36.9 Å². The van der Waals surface area contributed by atoms with Gasteiger partial charge in [-0.05, 0) is 37.8 Å². The normalized spacial score (nSPS) is 19.8. The van der Waals surface area contributed by atoms with Crippen LogP contribution in [0, 0.1) is 11.3 Å². The van der Waals surface area contributed by atoms with Crippen molar-refractivity contribution in [1.29, 1.82) is 5.26 Å². The molecule has 0 bridgehead atoms. The van der Waals surface area contributed by atoms with Crippen molar-refractivity contribution in [2.45, 2.75) is 31.4 Å². The molecule has 0 atom stereocenters. The molecule has 164 valence electrons. The Balaban J connectivity index is 1.68. The number of nitrogens with zero attached hydrogens (tertiary/aromatic N) is 4. The molecule has 2 aromatic heterocycles.